The molecule has 1 amide bonds. The number of carbonyl (C=O) groups excluding carboxylic acids is 1. The normalized spacial score (nSPS) is 25.4. The standard InChI is InChI=1S/C12H24N2O2/c1-4-14(8-9-16-3)12(15)11-7-5-6-10(2)13-11/h10-11,13H,4-9H2,1-3H3. The molecule has 16 heavy (non-hydrogen) atoms. The predicted octanol–water partition coefficient (Wildman–Crippen LogP) is 1.01. The number of carbonyl (C=O) groups is 1. The van der Waals surface area contributed by atoms with Crippen LogP contribution < -0.4 is 5.32 Å². The maximum absolute atomic E-state index is 12.2. The van der Waals surface area contributed by atoms with Gasteiger partial charge >= 0.3 is 0 Å². The van der Waals surface area contributed by atoms with Gasteiger partial charge in [-0.2, -0.15) is 0 Å². The fraction of sp³-hybridized carbons (Fsp3) is 0.917. The van der Waals surface area contributed by atoms with Crippen LogP contribution in [0.25, 0.3) is 0 Å². The Morgan fingerprint density at radius 3 is 2.81 bits per heavy atom. The molecule has 0 aliphatic carbocycles. The summed E-state index contributed by atoms with van der Waals surface area (Å²) in [5.41, 5.74) is 0. The van der Waals surface area contributed by atoms with Crippen molar-refractivity contribution in [2.75, 3.05) is 26.8 Å². The molecule has 4 heteroatoms. The molecule has 0 saturated carbocycles. The molecule has 0 spiro atoms. The Kier molecular flexibility index (Phi) is 5.77. The monoisotopic (exact) mass is 228 g/mol. The third kappa shape index (κ3) is 3.76. The van der Waals surface area contributed by atoms with Crippen LogP contribution in [0.5, 0.6) is 0 Å². The number of hydrogen-bond donors (Lipinski definition) is 1. The van der Waals surface area contributed by atoms with Crippen molar-refractivity contribution in [2.45, 2.75) is 45.2 Å². The van der Waals surface area contributed by atoms with Crippen molar-refractivity contribution in [3.05, 3.63) is 0 Å². The first-order chi connectivity index (χ1) is 7.69. The Labute approximate surface area is 98.3 Å². The number of methoxy groups -OCH3 is 1. The molecule has 0 aromatic carbocycles. The topological polar surface area (TPSA) is 41.6 Å². The van der Waals surface area contributed by atoms with Gasteiger partial charge < -0.3 is 15.0 Å². The number of piperidine rings is 1. The first kappa shape index (κ1) is 13.5. The summed E-state index contributed by atoms with van der Waals surface area (Å²) in [4.78, 5) is 14.1. The Balaban J connectivity index is 2.46. The van der Waals surface area contributed by atoms with Crippen LogP contribution in [0.1, 0.15) is 33.1 Å². The van der Waals surface area contributed by atoms with Gasteiger partial charge in [0, 0.05) is 26.2 Å². The average molecular weight is 228 g/mol. The van der Waals surface area contributed by atoms with Gasteiger partial charge in [0.15, 0.2) is 0 Å². The summed E-state index contributed by atoms with van der Waals surface area (Å²) in [5, 5.41) is 3.38. The van der Waals surface area contributed by atoms with Gasteiger partial charge in [0.1, 0.15) is 0 Å². The largest absolute Gasteiger partial charge is 0.383 e. The number of nitrogens with one attached hydrogen (secondary N) is 1. The molecule has 94 valence electrons. The zero-order chi connectivity index (χ0) is 12.0. The number of hydrogen-bond acceptors (Lipinski definition) is 3. The van der Waals surface area contributed by atoms with E-state index in [1.165, 1.54) is 6.42 Å². The van der Waals surface area contributed by atoms with Crippen molar-refractivity contribution in [2.24, 2.45) is 0 Å². The molecular weight excluding hydrogens is 204 g/mol. The van der Waals surface area contributed by atoms with Crippen molar-refractivity contribution in [3.63, 3.8) is 0 Å². The zero-order valence-electron chi connectivity index (χ0n) is 10.7. The van der Waals surface area contributed by atoms with Gasteiger partial charge in [-0.1, -0.05) is 0 Å². The summed E-state index contributed by atoms with van der Waals surface area (Å²) in [5.74, 6) is 0.228. The molecule has 0 radical (unpaired) electrons. The molecule has 1 aliphatic heterocycles. The highest BCUT2D eigenvalue weighted by Gasteiger charge is 2.27. The smallest absolute Gasteiger partial charge is 0.239 e. The van der Waals surface area contributed by atoms with E-state index in [2.05, 4.69) is 12.2 Å². The van der Waals surface area contributed by atoms with E-state index in [4.69, 9.17) is 4.74 Å². The number of ether oxygens (including phenoxy) is 1. The summed E-state index contributed by atoms with van der Waals surface area (Å²) in [7, 11) is 1.67. The minimum absolute atomic E-state index is 0.0144. The molecule has 1 rings (SSSR count). The van der Waals surface area contributed by atoms with Crippen molar-refractivity contribution in [3.8, 4) is 0 Å². The van der Waals surface area contributed by atoms with Crippen LogP contribution in [0.15, 0.2) is 0 Å². The Bertz CT molecular complexity index is 221. The highest BCUT2D eigenvalue weighted by molar-refractivity contribution is 5.82. The van der Waals surface area contributed by atoms with Crippen LogP contribution in [0.4, 0.5) is 0 Å². The summed E-state index contributed by atoms with van der Waals surface area (Å²) in [6.07, 6.45) is 3.28. The van der Waals surface area contributed by atoms with Gasteiger partial charge in [0.2, 0.25) is 5.91 Å². The highest BCUT2D eigenvalue weighted by Crippen LogP contribution is 2.14. The molecule has 0 aromatic rings. The lowest BCUT2D eigenvalue weighted by Gasteiger charge is -2.32. The fourth-order valence-electron chi connectivity index (χ4n) is 2.18. The summed E-state index contributed by atoms with van der Waals surface area (Å²) >= 11 is 0. The van der Waals surface area contributed by atoms with E-state index in [9.17, 15) is 4.79 Å². The molecule has 1 N–H and O–H groups in total. The SMILES string of the molecule is CCN(CCOC)C(=O)C1CCCC(C)N1. The molecule has 1 heterocycles. The van der Waals surface area contributed by atoms with Crippen molar-refractivity contribution in [1.29, 1.82) is 0 Å². The lowest BCUT2D eigenvalue weighted by molar-refractivity contribution is -0.134. The fourth-order valence-corrected chi connectivity index (χ4v) is 2.18. The van der Waals surface area contributed by atoms with Crippen LogP contribution in [0.2, 0.25) is 0 Å². The van der Waals surface area contributed by atoms with E-state index in [1.807, 2.05) is 11.8 Å². The summed E-state index contributed by atoms with van der Waals surface area (Å²) in [6.45, 7) is 6.22. The molecule has 0 bridgehead atoms. The summed E-state index contributed by atoms with van der Waals surface area (Å²) in [6, 6.07) is 0.476. The van der Waals surface area contributed by atoms with Crippen LogP contribution in [0.3, 0.4) is 0 Å². The maximum atomic E-state index is 12.2. The van der Waals surface area contributed by atoms with E-state index >= 15 is 0 Å². The molecule has 1 fully saturated rings. The zero-order valence-corrected chi connectivity index (χ0v) is 10.7. The molecule has 4 nitrogen and oxygen atoms in total. The molecular formula is C12H24N2O2. The first-order valence-corrected chi connectivity index (χ1v) is 6.22. The van der Waals surface area contributed by atoms with E-state index in [0.29, 0.717) is 19.2 Å². The second-order valence-corrected chi connectivity index (χ2v) is 4.46. The lowest BCUT2D eigenvalue weighted by atomic mass is 9.98. The van der Waals surface area contributed by atoms with E-state index in [-0.39, 0.29) is 11.9 Å². The van der Waals surface area contributed by atoms with E-state index in [0.717, 1.165) is 19.4 Å². The first-order valence-electron chi connectivity index (χ1n) is 6.22. The van der Waals surface area contributed by atoms with Gasteiger partial charge in [-0.05, 0) is 33.1 Å². The van der Waals surface area contributed by atoms with Gasteiger partial charge in [-0.15, -0.1) is 0 Å². The third-order valence-corrected chi connectivity index (χ3v) is 3.17. The molecule has 2 unspecified atom stereocenters. The van der Waals surface area contributed by atoms with Crippen LogP contribution in [-0.2, 0) is 9.53 Å². The number of nitrogens with zero attached hydrogens (tertiary/aromatic N) is 1. The van der Waals surface area contributed by atoms with Crippen molar-refractivity contribution < 1.29 is 9.53 Å². The maximum Gasteiger partial charge on any atom is 0.239 e. The molecule has 0 aromatic heterocycles. The van der Waals surface area contributed by atoms with Crippen LogP contribution >= 0.6 is 0 Å². The van der Waals surface area contributed by atoms with Crippen LogP contribution in [0, 0.1) is 0 Å². The van der Waals surface area contributed by atoms with Gasteiger partial charge in [0.05, 0.1) is 12.6 Å². The Morgan fingerprint density at radius 1 is 1.50 bits per heavy atom. The van der Waals surface area contributed by atoms with E-state index in [1.54, 1.807) is 7.11 Å². The summed E-state index contributed by atoms with van der Waals surface area (Å²) < 4.78 is 5.02. The Morgan fingerprint density at radius 2 is 2.25 bits per heavy atom. The van der Waals surface area contributed by atoms with Gasteiger partial charge in [0.25, 0.3) is 0 Å². The molecule has 1 saturated heterocycles. The van der Waals surface area contributed by atoms with Gasteiger partial charge in [-0.3, -0.25) is 4.79 Å². The third-order valence-electron chi connectivity index (χ3n) is 3.17. The molecule has 1 aliphatic rings. The van der Waals surface area contributed by atoms with E-state index < -0.39 is 0 Å². The minimum atomic E-state index is 0.0144. The number of rotatable bonds is 5. The van der Waals surface area contributed by atoms with Crippen molar-refractivity contribution in [1.82, 2.24) is 10.2 Å². The second-order valence-electron chi connectivity index (χ2n) is 4.46. The minimum Gasteiger partial charge on any atom is -0.383 e. The highest BCUT2D eigenvalue weighted by atomic mass is 16.5. The number of amides is 1. The van der Waals surface area contributed by atoms with Crippen molar-refractivity contribution >= 4 is 5.91 Å². The quantitative estimate of drug-likeness (QED) is 0.763. The Hall–Kier alpha value is -0.610. The lowest BCUT2D eigenvalue weighted by Crippen LogP contribution is -2.52. The number of likely N-dealkylation sites (N-methyl/N-ethyl adjacent to an activating group) is 1. The predicted molar refractivity (Wildman–Crippen MR) is 64.4 cm³/mol. The second kappa shape index (κ2) is 6.86. The average Bonchev–Trinajstić information content (AvgIpc) is 2.29. The van der Waals surface area contributed by atoms with Gasteiger partial charge in [-0.25, -0.2) is 0 Å². The van der Waals surface area contributed by atoms with Crippen LogP contribution in [-0.4, -0.2) is 49.7 Å². The molecule has 2 atom stereocenters.